The van der Waals surface area contributed by atoms with E-state index in [-0.39, 0.29) is 24.1 Å². The highest BCUT2D eigenvalue weighted by Crippen LogP contribution is 2.33. The van der Waals surface area contributed by atoms with Crippen molar-refractivity contribution >= 4 is 38.4 Å². The standard InChI is InChI=1S/2C2H6ClO3P/c2*3-1-2-7(4,5)6/h2*1-2H2,(H2,4,5,6). The molecular formula is C4H12Cl2O6P2. The molecule has 88 valence electrons. The van der Waals surface area contributed by atoms with Crippen LogP contribution in [0, 0.1) is 0 Å². The monoisotopic (exact) mass is 288 g/mol. The summed E-state index contributed by atoms with van der Waals surface area (Å²) in [5.74, 6) is 0.0363. The lowest BCUT2D eigenvalue weighted by molar-refractivity contribution is 0.373. The van der Waals surface area contributed by atoms with Crippen LogP contribution < -0.4 is 0 Å². The van der Waals surface area contributed by atoms with Gasteiger partial charge in [-0.3, -0.25) is 9.13 Å². The van der Waals surface area contributed by atoms with E-state index in [0.29, 0.717) is 0 Å². The van der Waals surface area contributed by atoms with Gasteiger partial charge in [0, 0.05) is 11.8 Å². The van der Waals surface area contributed by atoms with Crippen LogP contribution in [0.15, 0.2) is 0 Å². The zero-order valence-electron chi connectivity index (χ0n) is 7.08. The second kappa shape index (κ2) is 8.08. The van der Waals surface area contributed by atoms with Gasteiger partial charge in [-0.1, -0.05) is 0 Å². The van der Waals surface area contributed by atoms with E-state index in [9.17, 15) is 9.13 Å². The number of rotatable bonds is 4. The van der Waals surface area contributed by atoms with E-state index in [2.05, 4.69) is 0 Å². The van der Waals surface area contributed by atoms with E-state index < -0.39 is 15.2 Å². The molecule has 0 aliphatic rings. The van der Waals surface area contributed by atoms with Crippen LogP contribution in [0.4, 0.5) is 0 Å². The van der Waals surface area contributed by atoms with Crippen LogP contribution in [0.2, 0.25) is 0 Å². The summed E-state index contributed by atoms with van der Waals surface area (Å²) in [6.45, 7) is 0. The molecule has 0 aliphatic carbocycles. The molecule has 0 atom stereocenters. The topological polar surface area (TPSA) is 115 Å². The first-order valence-electron chi connectivity index (χ1n) is 3.33. The fourth-order valence-electron chi connectivity index (χ4n) is 0.220. The fraction of sp³-hybridized carbons (Fsp3) is 1.00. The Hall–Kier alpha value is 0.880. The third-order valence-electron chi connectivity index (χ3n) is 0.752. The summed E-state index contributed by atoms with van der Waals surface area (Å²) < 4.78 is 19.7. The van der Waals surface area contributed by atoms with Crippen molar-refractivity contribution < 1.29 is 28.7 Å². The van der Waals surface area contributed by atoms with Gasteiger partial charge in [-0.25, -0.2) is 0 Å². The van der Waals surface area contributed by atoms with Gasteiger partial charge in [0.15, 0.2) is 0 Å². The van der Waals surface area contributed by atoms with Gasteiger partial charge in [-0.2, -0.15) is 0 Å². The molecule has 0 aliphatic heterocycles. The largest absolute Gasteiger partial charge is 0.326 e. The lowest BCUT2D eigenvalue weighted by Crippen LogP contribution is -1.86. The molecule has 0 radical (unpaired) electrons. The minimum atomic E-state index is -3.80. The average molecular weight is 289 g/mol. The quantitative estimate of drug-likeness (QED) is 0.449. The number of alkyl halides is 2. The molecule has 4 N–H and O–H groups in total. The maximum Gasteiger partial charge on any atom is 0.326 e. The van der Waals surface area contributed by atoms with E-state index in [4.69, 9.17) is 42.8 Å². The van der Waals surface area contributed by atoms with Crippen molar-refractivity contribution in [2.75, 3.05) is 24.1 Å². The summed E-state index contributed by atoms with van der Waals surface area (Å²) in [5.41, 5.74) is 0. The van der Waals surface area contributed by atoms with Crippen molar-refractivity contribution in [3.8, 4) is 0 Å². The van der Waals surface area contributed by atoms with Crippen molar-refractivity contribution in [2.24, 2.45) is 0 Å². The van der Waals surface area contributed by atoms with Gasteiger partial charge in [0.2, 0.25) is 0 Å². The van der Waals surface area contributed by atoms with Crippen LogP contribution in [0.3, 0.4) is 0 Å². The zero-order chi connectivity index (χ0) is 11.8. The maximum atomic E-state index is 9.84. The van der Waals surface area contributed by atoms with Crippen LogP contribution >= 0.6 is 38.4 Å². The Morgan fingerprint density at radius 1 is 0.786 bits per heavy atom. The van der Waals surface area contributed by atoms with Crippen LogP contribution in [0.1, 0.15) is 0 Å². The highest BCUT2D eigenvalue weighted by molar-refractivity contribution is 7.52. The lowest BCUT2D eigenvalue weighted by Gasteiger charge is -1.95. The first kappa shape index (κ1) is 17.3. The van der Waals surface area contributed by atoms with Crippen molar-refractivity contribution in [1.82, 2.24) is 0 Å². The van der Waals surface area contributed by atoms with E-state index in [0.717, 1.165) is 0 Å². The highest BCUT2D eigenvalue weighted by atomic mass is 35.5. The molecule has 0 aromatic carbocycles. The predicted molar refractivity (Wildman–Crippen MR) is 55.3 cm³/mol. The molecule has 0 saturated heterocycles. The lowest BCUT2D eigenvalue weighted by atomic mass is 11.0. The van der Waals surface area contributed by atoms with Gasteiger partial charge in [0.1, 0.15) is 0 Å². The first-order valence-corrected chi connectivity index (χ1v) is 8.00. The summed E-state index contributed by atoms with van der Waals surface area (Å²) in [6.07, 6.45) is -0.455. The molecule has 0 fully saturated rings. The fourth-order valence-corrected chi connectivity index (χ4v) is 1.98. The Morgan fingerprint density at radius 3 is 1.00 bits per heavy atom. The van der Waals surface area contributed by atoms with Gasteiger partial charge in [0.25, 0.3) is 0 Å². The predicted octanol–water partition coefficient (Wildman–Crippen LogP) is 0.806. The first-order chi connectivity index (χ1) is 6.12. The molecule has 0 bridgehead atoms. The number of hydrogen-bond donors (Lipinski definition) is 4. The van der Waals surface area contributed by atoms with Gasteiger partial charge >= 0.3 is 15.2 Å². The van der Waals surface area contributed by atoms with Crippen LogP contribution in [-0.2, 0) is 9.13 Å². The van der Waals surface area contributed by atoms with Gasteiger partial charge in [-0.05, 0) is 0 Å². The summed E-state index contributed by atoms with van der Waals surface area (Å²) in [7, 11) is -7.60. The van der Waals surface area contributed by atoms with E-state index in [1.165, 1.54) is 0 Å². The minimum Gasteiger partial charge on any atom is -0.324 e. The normalized spacial score (nSPS) is 11.9. The van der Waals surface area contributed by atoms with E-state index >= 15 is 0 Å². The Balaban J connectivity index is 0. The Morgan fingerprint density at radius 2 is 1.00 bits per heavy atom. The summed E-state index contributed by atoms with van der Waals surface area (Å²) in [6, 6.07) is 0. The second-order valence-corrected chi connectivity index (χ2v) is 6.46. The molecule has 0 aromatic rings. The number of halogens is 2. The second-order valence-electron chi connectivity index (χ2n) is 2.15. The van der Waals surface area contributed by atoms with Crippen molar-refractivity contribution in [2.45, 2.75) is 0 Å². The third-order valence-corrected chi connectivity index (χ3v) is 3.27. The van der Waals surface area contributed by atoms with Crippen LogP contribution in [-0.4, -0.2) is 43.7 Å². The minimum absolute atomic E-state index is 0.0181. The molecule has 0 unspecified atom stereocenters. The Labute approximate surface area is 91.5 Å². The molecule has 0 amide bonds. The van der Waals surface area contributed by atoms with Gasteiger partial charge in [0.05, 0.1) is 12.3 Å². The van der Waals surface area contributed by atoms with Gasteiger partial charge in [-0.15, -0.1) is 23.2 Å². The van der Waals surface area contributed by atoms with Crippen molar-refractivity contribution in [3.05, 3.63) is 0 Å². The van der Waals surface area contributed by atoms with Crippen LogP contribution in [0.5, 0.6) is 0 Å². The molecule has 0 rings (SSSR count). The zero-order valence-corrected chi connectivity index (χ0v) is 10.4. The van der Waals surface area contributed by atoms with Crippen LogP contribution in [0.25, 0.3) is 0 Å². The summed E-state index contributed by atoms with van der Waals surface area (Å²) in [5, 5.41) is 0. The molecule has 0 saturated carbocycles. The molecular weight excluding hydrogens is 277 g/mol. The molecule has 10 heteroatoms. The molecule has 0 aromatic heterocycles. The van der Waals surface area contributed by atoms with E-state index in [1.807, 2.05) is 0 Å². The third kappa shape index (κ3) is 23.1. The van der Waals surface area contributed by atoms with Crippen molar-refractivity contribution in [1.29, 1.82) is 0 Å². The highest BCUT2D eigenvalue weighted by Gasteiger charge is 2.09. The molecule has 6 nitrogen and oxygen atoms in total. The Kier molecular flexibility index (Phi) is 9.97. The molecule has 0 spiro atoms. The van der Waals surface area contributed by atoms with E-state index in [1.54, 1.807) is 0 Å². The van der Waals surface area contributed by atoms with Gasteiger partial charge < -0.3 is 19.6 Å². The average Bonchev–Trinajstić information content (AvgIpc) is 1.81. The molecule has 14 heavy (non-hydrogen) atoms. The Bertz CT molecular complexity index is 198. The summed E-state index contributed by atoms with van der Waals surface area (Å²) >= 11 is 9.99. The molecule has 0 heterocycles. The number of hydrogen-bond acceptors (Lipinski definition) is 2. The summed E-state index contributed by atoms with van der Waals surface area (Å²) in [4.78, 5) is 32.2. The maximum absolute atomic E-state index is 9.84. The smallest absolute Gasteiger partial charge is 0.324 e. The van der Waals surface area contributed by atoms with Crippen molar-refractivity contribution in [3.63, 3.8) is 0 Å². The SMILES string of the molecule is O=P(O)(O)CCCl.O=P(O)(O)CCCl.